The quantitative estimate of drug-likeness (QED) is 0.208. The highest BCUT2D eigenvalue weighted by atomic mass is 79.9. The van der Waals surface area contributed by atoms with E-state index in [1.807, 2.05) is 0 Å². The summed E-state index contributed by atoms with van der Waals surface area (Å²) in [6.07, 6.45) is 0. The summed E-state index contributed by atoms with van der Waals surface area (Å²) in [4.78, 5) is 20.2. The molecule has 0 saturated carbocycles. The number of carbonyl (C=O) groups excluding carboxylic acids is 1. The Balaban J connectivity index is 2.67. The summed E-state index contributed by atoms with van der Waals surface area (Å²) in [7, 11) is 0. The summed E-state index contributed by atoms with van der Waals surface area (Å²) < 4.78 is 4.71. The minimum absolute atomic E-state index is 0.0327. The number of ether oxygens (including phenoxy) is 1. The Bertz CT molecular complexity index is 461. The molecule has 0 amide bonds. The first kappa shape index (κ1) is 14.2. The molecule has 1 atom stereocenters. The van der Waals surface area contributed by atoms with Crippen molar-refractivity contribution in [3.05, 3.63) is 34.4 Å². The van der Waals surface area contributed by atoms with Crippen LogP contribution in [0.2, 0.25) is 0 Å². The van der Waals surface area contributed by atoms with Gasteiger partial charge in [-0.25, -0.2) is 4.79 Å². The predicted molar refractivity (Wildman–Crippen MR) is 67.0 cm³/mol. The van der Waals surface area contributed by atoms with Gasteiger partial charge in [0.05, 0.1) is 17.2 Å². The van der Waals surface area contributed by atoms with Gasteiger partial charge in [-0.3, -0.25) is 10.1 Å². The number of hydrogen-bond donors (Lipinski definition) is 0. The van der Waals surface area contributed by atoms with Crippen molar-refractivity contribution in [2.45, 2.75) is 11.9 Å². The van der Waals surface area contributed by atoms with Gasteiger partial charge in [-0.15, -0.1) is 0 Å². The summed E-state index contributed by atoms with van der Waals surface area (Å²) in [6, 6.07) is 5.49. The summed E-state index contributed by atoms with van der Waals surface area (Å²) in [5.74, 6) is -0.539. The van der Waals surface area contributed by atoms with E-state index in [1.54, 1.807) is 6.92 Å². The first-order chi connectivity index (χ1) is 8.54. The standard InChI is InChI=1S/C10H10BrN3O4/c1-2-18-10(15)9(11)13-12-7-3-5-8(6-4-7)14(16)17/h3-6,9H,2H2,1H3. The van der Waals surface area contributed by atoms with Crippen molar-refractivity contribution in [3.8, 4) is 0 Å². The van der Waals surface area contributed by atoms with Crippen molar-refractivity contribution in [1.29, 1.82) is 0 Å². The fourth-order valence-corrected chi connectivity index (χ4v) is 1.24. The van der Waals surface area contributed by atoms with Crippen LogP contribution in [0.5, 0.6) is 0 Å². The number of rotatable bonds is 5. The van der Waals surface area contributed by atoms with E-state index in [0.717, 1.165) is 0 Å². The van der Waals surface area contributed by atoms with Gasteiger partial charge in [0.2, 0.25) is 4.95 Å². The summed E-state index contributed by atoms with van der Waals surface area (Å²) >= 11 is 3.00. The average molecular weight is 316 g/mol. The Morgan fingerprint density at radius 2 is 2.11 bits per heavy atom. The van der Waals surface area contributed by atoms with Gasteiger partial charge in [0.1, 0.15) is 0 Å². The van der Waals surface area contributed by atoms with Crippen LogP contribution in [0.1, 0.15) is 6.92 Å². The van der Waals surface area contributed by atoms with E-state index >= 15 is 0 Å². The zero-order chi connectivity index (χ0) is 13.5. The Labute approximate surface area is 111 Å². The van der Waals surface area contributed by atoms with Crippen molar-refractivity contribution >= 4 is 33.3 Å². The molecule has 0 spiro atoms. The van der Waals surface area contributed by atoms with Gasteiger partial charge in [-0.05, 0) is 35.0 Å². The van der Waals surface area contributed by atoms with Gasteiger partial charge in [0.15, 0.2) is 0 Å². The second-order valence-corrected chi connectivity index (χ2v) is 3.94. The maximum Gasteiger partial charge on any atom is 0.343 e. The lowest BCUT2D eigenvalue weighted by Gasteiger charge is -2.02. The lowest BCUT2D eigenvalue weighted by atomic mass is 10.3. The smallest absolute Gasteiger partial charge is 0.343 e. The van der Waals surface area contributed by atoms with Gasteiger partial charge in [0.25, 0.3) is 5.69 Å². The molecule has 0 bridgehead atoms. The average Bonchev–Trinajstić information content (AvgIpc) is 2.36. The van der Waals surface area contributed by atoms with Crippen molar-refractivity contribution in [2.75, 3.05) is 6.61 Å². The molecule has 0 aliphatic heterocycles. The van der Waals surface area contributed by atoms with E-state index in [9.17, 15) is 14.9 Å². The van der Waals surface area contributed by atoms with Gasteiger partial charge in [-0.1, -0.05) is 0 Å². The molecule has 18 heavy (non-hydrogen) atoms. The largest absolute Gasteiger partial charge is 0.464 e. The van der Waals surface area contributed by atoms with E-state index < -0.39 is 15.8 Å². The highest BCUT2D eigenvalue weighted by molar-refractivity contribution is 9.10. The molecular weight excluding hydrogens is 306 g/mol. The highest BCUT2D eigenvalue weighted by Gasteiger charge is 2.14. The molecule has 0 fully saturated rings. The molecule has 1 unspecified atom stereocenters. The minimum atomic E-state index is -0.882. The summed E-state index contributed by atoms with van der Waals surface area (Å²) in [5.41, 5.74) is 0.379. The number of esters is 1. The Kier molecular flexibility index (Phi) is 5.37. The molecule has 7 nitrogen and oxygen atoms in total. The maximum atomic E-state index is 11.2. The van der Waals surface area contributed by atoms with E-state index in [4.69, 9.17) is 4.74 Å². The lowest BCUT2D eigenvalue weighted by Crippen LogP contribution is -2.14. The van der Waals surface area contributed by atoms with Gasteiger partial charge >= 0.3 is 5.97 Å². The van der Waals surface area contributed by atoms with Crippen LogP contribution in [-0.2, 0) is 9.53 Å². The highest BCUT2D eigenvalue weighted by Crippen LogP contribution is 2.19. The van der Waals surface area contributed by atoms with E-state index in [2.05, 4.69) is 26.2 Å². The van der Waals surface area contributed by atoms with E-state index in [0.29, 0.717) is 5.69 Å². The molecule has 1 aromatic carbocycles. The summed E-state index contributed by atoms with van der Waals surface area (Å²) in [6.45, 7) is 1.94. The molecule has 0 radical (unpaired) electrons. The minimum Gasteiger partial charge on any atom is -0.464 e. The number of halogens is 1. The van der Waals surface area contributed by atoms with Crippen LogP contribution < -0.4 is 0 Å². The van der Waals surface area contributed by atoms with Crippen molar-refractivity contribution in [3.63, 3.8) is 0 Å². The van der Waals surface area contributed by atoms with Crippen LogP contribution in [-0.4, -0.2) is 22.5 Å². The molecule has 0 aliphatic rings. The number of carbonyl (C=O) groups is 1. The number of azo groups is 1. The first-order valence-corrected chi connectivity index (χ1v) is 5.92. The molecule has 1 aromatic rings. The molecule has 0 aromatic heterocycles. The second-order valence-electron chi connectivity index (χ2n) is 3.08. The molecule has 1 rings (SSSR count). The van der Waals surface area contributed by atoms with Gasteiger partial charge < -0.3 is 4.74 Å². The number of benzene rings is 1. The number of nitro groups is 1. The number of hydrogen-bond acceptors (Lipinski definition) is 6. The predicted octanol–water partition coefficient (Wildman–Crippen LogP) is 2.96. The maximum absolute atomic E-state index is 11.2. The van der Waals surface area contributed by atoms with Crippen LogP contribution in [0.3, 0.4) is 0 Å². The fraction of sp³-hybridized carbons (Fsp3) is 0.300. The molecule has 0 heterocycles. The number of alkyl halides is 1. The van der Waals surface area contributed by atoms with Crippen molar-refractivity contribution in [2.24, 2.45) is 10.2 Å². The van der Waals surface area contributed by atoms with E-state index in [1.165, 1.54) is 24.3 Å². The van der Waals surface area contributed by atoms with Crippen LogP contribution in [0.25, 0.3) is 0 Å². The van der Waals surface area contributed by atoms with Gasteiger partial charge in [0, 0.05) is 12.1 Å². The Hall–Kier alpha value is -1.83. The molecule has 8 heteroatoms. The second kappa shape index (κ2) is 6.80. The third-order valence-corrected chi connectivity index (χ3v) is 2.37. The molecule has 96 valence electrons. The van der Waals surface area contributed by atoms with Crippen LogP contribution in [0.4, 0.5) is 11.4 Å². The first-order valence-electron chi connectivity index (χ1n) is 5.00. The molecule has 0 saturated heterocycles. The zero-order valence-corrected chi connectivity index (χ0v) is 11.0. The number of nitro benzene ring substituents is 1. The summed E-state index contributed by atoms with van der Waals surface area (Å²) in [5, 5.41) is 17.9. The van der Waals surface area contributed by atoms with Crippen LogP contribution in [0.15, 0.2) is 34.5 Å². The Morgan fingerprint density at radius 1 is 1.50 bits per heavy atom. The fourth-order valence-electron chi connectivity index (χ4n) is 1.02. The normalized spacial score (nSPS) is 12.3. The third kappa shape index (κ3) is 4.21. The van der Waals surface area contributed by atoms with Crippen LogP contribution in [0, 0.1) is 10.1 Å². The monoisotopic (exact) mass is 315 g/mol. The lowest BCUT2D eigenvalue weighted by molar-refractivity contribution is -0.384. The number of non-ortho nitro benzene ring substituents is 1. The third-order valence-electron chi connectivity index (χ3n) is 1.82. The van der Waals surface area contributed by atoms with Crippen molar-refractivity contribution < 1.29 is 14.5 Å². The zero-order valence-electron chi connectivity index (χ0n) is 9.45. The molecule has 0 aliphatic carbocycles. The molecule has 0 N–H and O–H groups in total. The van der Waals surface area contributed by atoms with E-state index in [-0.39, 0.29) is 12.3 Å². The Morgan fingerprint density at radius 3 is 2.61 bits per heavy atom. The molecular formula is C10H10BrN3O4. The SMILES string of the molecule is CCOC(=O)C(Br)N=Nc1ccc([N+](=O)[O-])cc1. The van der Waals surface area contributed by atoms with Crippen LogP contribution >= 0.6 is 15.9 Å². The van der Waals surface area contributed by atoms with Gasteiger partial charge in [-0.2, -0.15) is 10.2 Å². The number of nitrogens with zero attached hydrogens (tertiary/aromatic N) is 3. The topological polar surface area (TPSA) is 94.2 Å². The van der Waals surface area contributed by atoms with Crippen molar-refractivity contribution in [1.82, 2.24) is 0 Å².